The van der Waals surface area contributed by atoms with Gasteiger partial charge in [-0.05, 0) is 94.3 Å². The molecule has 1 atom stereocenters. The summed E-state index contributed by atoms with van der Waals surface area (Å²) in [4.78, 5) is 30.7. The second kappa shape index (κ2) is 15.8. The number of pyridine rings is 1. The molecule has 1 amide bonds. The molecular formula is C35H47N3O4S. The van der Waals surface area contributed by atoms with Crippen LogP contribution in [0.4, 0.5) is 10.5 Å². The molecule has 1 heterocycles. The number of carbonyl (C=O) groups is 2. The molecule has 0 saturated carbocycles. The van der Waals surface area contributed by atoms with Crippen molar-refractivity contribution in [2.75, 3.05) is 10.7 Å². The molecule has 3 aromatic rings. The number of carboxylic acids is 1. The zero-order chi connectivity index (χ0) is 31.6. The Balaban J connectivity index is 1.62. The molecule has 0 spiro atoms. The molecule has 0 aliphatic heterocycles. The largest absolute Gasteiger partial charge is 0.480 e. The maximum Gasteiger partial charge on any atom is 0.408 e. The fraction of sp³-hybridized carbons (Fsp3) is 0.457. The van der Waals surface area contributed by atoms with Gasteiger partial charge in [0.25, 0.3) is 0 Å². The third-order valence-electron chi connectivity index (χ3n) is 7.25. The first-order chi connectivity index (χ1) is 20.4. The Labute approximate surface area is 261 Å². The molecule has 0 aliphatic rings. The van der Waals surface area contributed by atoms with Gasteiger partial charge in [0.1, 0.15) is 11.6 Å². The fourth-order valence-corrected chi connectivity index (χ4v) is 5.88. The van der Waals surface area contributed by atoms with Gasteiger partial charge in [-0.1, -0.05) is 50.2 Å². The summed E-state index contributed by atoms with van der Waals surface area (Å²) in [6.45, 7) is 15.0. The van der Waals surface area contributed by atoms with E-state index in [4.69, 9.17) is 9.72 Å². The molecular weight excluding hydrogens is 558 g/mol. The summed E-state index contributed by atoms with van der Waals surface area (Å²) in [5.41, 5.74) is 6.07. The minimum absolute atomic E-state index is 0.214. The van der Waals surface area contributed by atoms with Gasteiger partial charge in [0, 0.05) is 41.5 Å². The lowest BCUT2D eigenvalue weighted by Crippen LogP contribution is -2.44. The monoisotopic (exact) mass is 605 g/mol. The van der Waals surface area contributed by atoms with Crippen molar-refractivity contribution in [3.05, 3.63) is 83.6 Å². The number of alkyl carbamates (subject to hydrolysis) is 1. The Morgan fingerprint density at radius 2 is 1.70 bits per heavy atom. The van der Waals surface area contributed by atoms with E-state index in [9.17, 15) is 14.7 Å². The van der Waals surface area contributed by atoms with E-state index in [1.165, 1.54) is 28.6 Å². The van der Waals surface area contributed by atoms with Gasteiger partial charge in [-0.3, -0.25) is 4.98 Å². The zero-order valence-electron chi connectivity index (χ0n) is 26.6. The lowest BCUT2D eigenvalue weighted by molar-refractivity contribution is -0.138. The molecule has 0 radical (unpaired) electrons. The number of anilines is 1. The smallest absolute Gasteiger partial charge is 0.408 e. The lowest BCUT2D eigenvalue weighted by Gasteiger charge is -2.30. The summed E-state index contributed by atoms with van der Waals surface area (Å²) in [6.07, 6.45) is 3.40. The first kappa shape index (κ1) is 34.0. The number of benzene rings is 2. The summed E-state index contributed by atoms with van der Waals surface area (Å²) in [5, 5.41) is 11.9. The third-order valence-corrected chi connectivity index (χ3v) is 8.35. The zero-order valence-corrected chi connectivity index (χ0v) is 27.4. The quantitative estimate of drug-likeness (QED) is 0.191. The van der Waals surface area contributed by atoms with Crippen LogP contribution in [0.5, 0.6) is 0 Å². The van der Waals surface area contributed by atoms with Gasteiger partial charge in [0.05, 0.1) is 5.69 Å². The molecule has 1 aromatic heterocycles. The Bertz CT molecular complexity index is 1320. The van der Waals surface area contributed by atoms with Crippen LogP contribution < -0.4 is 10.2 Å². The molecule has 0 bridgehead atoms. The molecule has 8 heteroatoms. The number of thioether (sulfide) groups is 1. The van der Waals surface area contributed by atoms with Crippen LogP contribution in [0.25, 0.3) is 11.3 Å². The predicted molar refractivity (Wildman–Crippen MR) is 178 cm³/mol. The molecule has 0 unspecified atom stereocenters. The van der Waals surface area contributed by atoms with Crippen molar-refractivity contribution in [1.29, 1.82) is 0 Å². The van der Waals surface area contributed by atoms with Gasteiger partial charge >= 0.3 is 12.1 Å². The van der Waals surface area contributed by atoms with Crippen LogP contribution in [0.15, 0.2) is 66.9 Å². The van der Waals surface area contributed by atoms with Crippen LogP contribution in [-0.4, -0.2) is 45.6 Å². The van der Waals surface area contributed by atoms with Gasteiger partial charge < -0.3 is 20.1 Å². The number of aromatic nitrogens is 1. The van der Waals surface area contributed by atoms with Gasteiger partial charge in [-0.15, -0.1) is 0 Å². The predicted octanol–water partition coefficient (Wildman–Crippen LogP) is 8.28. The number of rotatable bonds is 14. The Morgan fingerprint density at radius 1 is 1.00 bits per heavy atom. The number of ether oxygens (including phenoxy) is 1. The van der Waals surface area contributed by atoms with Crippen molar-refractivity contribution in [1.82, 2.24) is 10.3 Å². The standard InChI is InChI=1S/C35H47N3O4S/c1-8-27(9-2)28-14-16-30(17-15-28)38(24(3)4)21-25-11-10-12-29(19-25)31-18-13-26(20-36-31)22-43-23-32(33(39)40)37-34(41)42-35(5,6)7/h10-20,24,27,32H,8-9,21-23H2,1-7H3,(H,37,41)(H,39,40)/t32-/m0/s1. The van der Waals surface area contributed by atoms with Crippen molar-refractivity contribution < 1.29 is 19.4 Å². The SMILES string of the molecule is CCC(CC)c1ccc(N(Cc2cccc(-c3ccc(CSC[C@H](NC(=O)OC(C)(C)C)C(=O)O)cn3)c2)C(C)C)cc1. The molecule has 3 rings (SSSR count). The van der Waals surface area contributed by atoms with Gasteiger partial charge in [-0.25, -0.2) is 9.59 Å². The summed E-state index contributed by atoms with van der Waals surface area (Å²) >= 11 is 1.42. The van der Waals surface area contributed by atoms with E-state index in [1.807, 2.05) is 18.3 Å². The average molecular weight is 606 g/mol. The molecule has 43 heavy (non-hydrogen) atoms. The van der Waals surface area contributed by atoms with Crippen LogP contribution in [0.2, 0.25) is 0 Å². The highest BCUT2D eigenvalue weighted by Gasteiger charge is 2.24. The van der Waals surface area contributed by atoms with Crippen molar-refractivity contribution in [3.8, 4) is 11.3 Å². The molecule has 0 aliphatic carbocycles. The number of carboxylic acid groups (broad SMARTS) is 1. The van der Waals surface area contributed by atoms with Gasteiger partial charge in [0.2, 0.25) is 0 Å². The van der Waals surface area contributed by atoms with Crippen molar-refractivity contribution >= 4 is 29.5 Å². The van der Waals surface area contributed by atoms with Crippen LogP contribution in [-0.2, 0) is 21.8 Å². The third kappa shape index (κ3) is 10.6. The second-order valence-corrected chi connectivity index (χ2v) is 13.2. The number of nitrogens with zero attached hydrogens (tertiary/aromatic N) is 2. The average Bonchev–Trinajstić information content (AvgIpc) is 2.96. The van der Waals surface area contributed by atoms with Crippen LogP contribution in [0.1, 0.15) is 83.9 Å². The molecule has 7 nitrogen and oxygen atoms in total. The fourth-order valence-electron chi connectivity index (χ4n) is 4.90. The summed E-state index contributed by atoms with van der Waals surface area (Å²) in [5.74, 6) is 0.303. The maximum atomic E-state index is 12.0. The normalized spacial score (nSPS) is 12.3. The van der Waals surface area contributed by atoms with Crippen LogP contribution >= 0.6 is 11.8 Å². The number of carbonyl (C=O) groups excluding carboxylic acids is 1. The first-order valence-corrected chi connectivity index (χ1v) is 16.3. The van der Waals surface area contributed by atoms with E-state index in [2.05, 4.69) is 86.4 Å². The van der Waals surface area contributed by atoms with Gasteiger partial charge in [-0.2, -0.15) is 11.8 Å². The number of aliphatic carboxylic acids is 1. The van der Waals surface area contributed by atoms with E-state index in [1.54, 1.807) is 20.8 Å². The lowest BCUT2D eigenvalue weighted by atomic mass is 9.94. The highest BCUT2D eigenvalue weighted by atomic mass is 32.2. The molecule has 2 N–H and O–H groups in total. The highest BCUT2D eigenvalue weighted by molar-refractivity contribution is 7.98. The summed E-state index contributed by atoms with van der Waals surface area (Å²) in [7, 11) is 0. The number of amides is 1. The summed E-state index contributed by atoms with van der Waals surface area (Å²) in [6, 6.07) is 20.9. The summed E-state index contributed by atoms with van der Waals surface area (Å²) < 4.78 is 5.19. The number of hydrogen-bond donors (Lipinski definition) is 2. The van der Waals surface area contributed by atoms with Crippen molar-refractivity contribution in [3.63, 3.8) is 0 Å². The van der Waals surface area contributed by atoms with E-state index in [-0.39, 0.29) is 5.75 Å². The van der Waals surface area contributed by atoms with Crippen molar-refractivity contribution in [2.45, 2.75) is 97.2 Å². The Hall–Kier alpha value is -3.52. The first-order valence-electron chi connectivity index (χ1n) is 15.1. The van der Waals surface area contributed by atoms with Gasteiger partial charge in [0.15, 0.2) is 0 Å². The molecule has 2 aromatic carbocycles. The van der Waals surface area contributed by atoms with Crippen LogP contribution in [0.3, 0.4) is 0 Å². The van der Waals surface area contributed by atoms with E-state index < -0.39 is 23.7 Å². The number of hydrogen-bond acceptors (Lipinski definition) is 6. The topological polar surface area (TPSA) is 91.8 Å². The number of nitrogens with one attached hydrogen (secondary N) is 1. The second-order valence-electron chi connectivity index (χ2n) is 12.1. The van der Waals surface area contributed by atoms with Crippen LogP contribution in [0, 0.1) is 0 Å². The minimum atomic E-state index is -1.10. The van der Waals surface area contributed by atoms with Crippen molar-refractivity contribution in [2.24, 2.45) is 0 Å². The van der Waals surface area contributed by atoms with E-state index >= 15 is 0 Å². The highest BCUT2D eigenvalue weighted by Crippen LogP contribution is 2.28. The Morgan fingerprint density at radius 3 is 2.26 bits per heavy atom. The molecule has 0 saturated heterocycles. The molecule has 0 fully saturated rings. The van der Waals surface area contributed by atoms with E-state index in [0.29, 0.717) is 17.7 Å². The van der Waals surface area contributed by atoms with E-state index in [0.717, 1.165) is 36.2 Å². The molecule has 232 valence electrons. The maximum absolute atomic E-state index is 12.0. The minimum Gasteiger partial charge on any atom is -0.480 e. The Kier molecular flexibility index (Phi) is 12.5.